The molecule has 0 radical (unpaired) electrons. The van der Waals surface area contributed by atoms with Crippen molar-refractivity contribution in [3.05, 3.63) is 65.0 Å². The maximum Gasteiger partial charge on any atom is 0.355 e. The van der Waals surface area contributed by atoms with Crippen LogP contribution in [0.4, 0.5) is 4.39 Å². The van der Waals surface area contributed by atoms with E-state index < -0.39 is 13.4 Å². The van der Waals surface area contributed by atoms with Crippen molar-refractivity contribution < 1.29 is 27.8 Å². The Morgan fingerprint density at radius 1 is 1.05 bits per heavy atom. The zero-order valence-electron chi connectivity index (χ0n) is 22.7. The first-order chi connectivity index (χ1) is 17.7. The van der Waals surface area contributed by atoms with E-state index in [1.807, 2.05) is 34.9 Å². The fraction of sp³-hybridized carbons (Fsp3) is 0.407. The van der Waals surface area contributed by atoms with Gasteiger partial charge >= 0.3 is 7.52 Å². The zero-order chi connectivity index (χ0) is 28.3. The van der Waals surface area contributed by atoms with Gasteiger partial charge in [-0.25, -0.2) is 9.48 Å². The Hall–Kier alpha value is -2.58. The quantitative estimate of drug-likeness (QED) is 0.153. The van der Waals surface area contributed by atoms with Gasteiger partial charge in [0.1, 0.15) is 5.75 Å². The third kappa shape index (κ3) is 12.5. The summed E-state index contributed by atoms with van der Waals surface area (Å²) in [6.45, 7) is 10.5. The molecule has 7 nitrogen and oxygen atoms in total. The van der Waals surface area contributed by atoms with Crippen LogP contribution in [0.25, 0.3) is 10.1 Å². The summed E-state index contributed by atoms with van der Waals surface area (Å²) in [5.41, 5.74) is 0.250. The third-order valence-corrected chi connectivity index (χ3v) is 7.36. The molecule has 206 valence electrons. The van der Waals surface area contributed by atoms with Gasteiger partial charge in [0.25, 0.3) is 6.47 Å². The van der Waals surface area contributed by atoms with Crippen molar-refractivity contribution in [1.29, 1.82) is 0 Å². The average Bonchev–Trinajstić information content (AvgIpc) is 3.32. The van der Waals surface area contributed by atoms with E-state index >= 15 is 4.39 Å². The smallest absolute Gasteiger partial charge is 0.355 e. The molecule has 0 saturated heterocycles. The van der Waals surface area contributed by atoms with Gasteiger partial charge in [-0.15, -0.1) is 11.3 Å². The van der Waals surface area contributed by atoms with Crippen LogP contribution in [0.3, 0.4) is 0 Å². The maximum absolute atomic E-state index is 15.3. The highest BCUT2D eigenvalue weighted by atomic mass is 32.1. The molecule has 2 N–H and O–H groups in total. The Bertz CT molecular complexity index is 1080. The van der Waals surface area contributed by atoms with Crippen molar-refractivity contribution in [3.8, 4) is 5.75 Å². The predicted molar refractivity (Wildman–Crippen MR) is 153 cm³/mol. The molecule has 0 spiro atoms. The van der Waals surface area contributed by atoms with Gasteiger partial charge in [-0.2, -0.15) is 0 Å². The average molecular weight is 555 g/mol. The summed E-state index contributed by atoms with van der Waals surface area (Å²) < 4.78 is 39.4. The van der Waals surface area contributed by atoms with E-state index in [0.717, 1.165) is 22.8 Å². The van der Waals surface area contributed by atoms with Gasteiger partial charge in [-0.05, 0) is 75.6 Å². The van der Waals surface area contributed by atoms with E-state index in [1.54, 1.807) is 68.4 Å². The molecule has 0 saturated carbocycles. The van der Waals surface area contributed by atoms with Gasteiger partial charge in [0, 0.05) is 10.7 Å². The van der Waals surface area contributed by atoms with Crippen molar-refractivity contribution in [3.63, 3.8) is 0 Å². The second-order valence-electron chi connectivity index (χ2n) is 7.65. The fourth-order valence-corrected chi connectivity index (χ4v) is 5.63. The minimum Gasteiger partial charge on any atom is -0.468 e. The van der Waals surface area contributed by atoms with Gasteiger partial charge in [0.15, 0.2) is 6.29 Å². The van der Waals surface area contributed by atoms with Crippen LogP contribution in [0.1, 0.15) is 62.2 Å². The zero-order valence-corrected chi connectivity index (χ0v) is 24.4. The Morgan fingerprint density at radius 3 is 2.16 bits per heavy atom. The van der Waals surface area contributed by atoms with Crippen LogP contribution < -0.4 is 14.9 Å². The summed E-state index contributed by atoms with van der Waals surface area (Å²) in [5.74, 6) is -1.50. The number of nitrogens with one attached hydrogen (secondary N) is 2. The van der Waals surface area contributed by atoms with E-state index in [4.69, 9.17) is 4.52 Å². The minimum absolute atomic E-state index is 0.227. The lowest BCUT2D eigenvalue weighted by atomic mass is 10.2. The molecule has 2 unspecified atom stereocenters. The van der Waals surface area contributed by atoms with Crippen molar-refractivity contribution in [2.75, 3.05) is 20.7 Å². The molecule has 0 fully saturated rings. The lowest BCUT2D eigenvalue weighted by Gasteiger charge is -2.25. The summed E-state index contributed by atoms with van der Waals surface area (Å²) in [6, 6.07) is 15.0. The highest BCUT2D eigenvalue weighted by Crippen LogP contribution is 2.57. The standard InChI is InChI=1S/C19H19FNO3PS.C4H8O2.C2H7N.C2H6/c1-13(2)21-25(23,24-16-6-4-3-5-7-16)19(20)14-8-9-18-15(10-14)11-17(12-22)26-18;1-2-3-6-4-5;1-3-2;1-2/h3-13,19H,1-2H3,(H,21,23);4H,2-3H2,1H3;3H,1-2H3;1-2H3. The van der Waals surface area contributed by atoms with Crippen LogP contribution in [0.15, 0.2) is 54.6 Å². The number of fused-ring (bicyclic) bond motifs is 1. The number of hydrogen-bond acceptors (Lipinski definition) is 7. The van der Waals surface area contributed by atoms with Crippen LogP contribution >= 0.6 is 18.9 Å². The molecule has 0 amide bonds. The minimum atomic E-state index is -3.87. The summed E-state index contributed by atoms with van der Waals surface area (Å²) >= 11 is 1.33. The molecule has 3 aromatic rings. The first kappa shape index (κ1) is 34.4. The van der Waals surface area contributed by atoms with Crippen LogP contribution in [0.5, 0.6) is 5.75 Å². The number of thiophene rings is 1. The molecule has 0 aliphatic carbocycles. The van der Waals surface area contributed by atoms with E-state index in [1.165, 1.54) is 11.3 Å². The third-order valence-electron chi connectivity index (χ3n) is 4.06. The number of halogens is 1. The first-order valence-corrected chi connectivity index (χ1v) is 14.6. The van der Waals surface area contributed by atoms with E-state index in [2.05, 4.69) is 15.1 Å². The van der Waals surface area contributed by atoms with Crippen molar-refractivity contribution >= 4 is 41.7 Å². The largest absolute Gasteiger partial charge is 0.468 e. The van der Waals surface area contributed by atoms with Gasteiger partial charge in [-0.3, -0.25) is 14.2 Å². The van der Waals surface area contributed by atoms with Crippen LogP contribution in [0, 0.1) is 0 Å². The first-order valence-electron chi connectivity index (χ1n) is 12.1. The molecule has 3 rings (SSSR count). The number of alkyl halides is 1. The Labute approximate surface area is 224 Å². The monoisotopic (exact) mass is 554 g/mol. The predicted octanol–water partition coefficient (Wildman–Crippen LogP) is 7.38. The topological polar surface area (TPSA) is 93.7 Å². The lowest BCUT2D eigenvalue weighted by molar-refractivity contribution is -0.128. The number of carbonyl (C=O) groups excluding carboxylic acids is 2. The molecule has 0 aliphatic heterocycles. The molecule has 2 aromatic carbocycles. The summed E-state index contributed by atoms with van der Waals surface area (Å²) in [5, 5.41) is 6.27. The summed E-state index contributed by atoms with van der Waals surface area (Å²) in [6.07, 6.45) is 1.67. The number of rotatable bonds is 10. The van der Waals surface area contributed by atoms with E-state index in [-0.39, 0.29) is 11.6 Å². The van der Waals surface area contributed by atoms with E-state index in [0.29, 0.717) is 23.7 Å². The Kier molecular flexibility index (Phi) is 18.2. The molecule has 1 aromatic heterocycles. The second kappa shape index (κ2) is 19.5. The number of ether oxygens (including phenoxy) is 1. The molecule has 10 heteroatoms. The SMILES string of the molecule is CC.CC(C)NP(=O)(Oc1ccccc1)C(F)c1ccc2sc(C=O)cc2c1.CCCOC=O.CNC. The van der Waals surface area contributed by atoms with Crippen LogP contribution in [0.2, 0.25) is 0 Å². The van der Waals surface area contributed by atoms with Gasteiger partial charge in [0.05, 0.1) is 11.5 Å². The molecule has 2 atom stereocenters. The number of hydrogen-bond donors (Lipinski definition) is 2. The Morgan fingerprint density at radius 2 is 1.68 bits per heavy atom. The van der Waals surface area contributed by atoms with E-state index in [9.17, 15) is 14.2 Å². The molecular formula is C27H40FN2O5PS. The molecule has 0 bridgehead atoms. The maximum atomic E-state index is 15.3. The number of benzene rings is 2. The molecule has 37 heavy (non-hydrogen) atoms. The van der Waals surface area contributed by atoms with Gasteiger partial charge < -0.3 is 14.6 Å². The highest BCUT2D eigenvalue weighted by molar-refractivity contribution is 7.57. The molecular weight excluding hydrogens is 514 g/mol. The van der Waals surface area contributed by atoms with Crippen molar-refractivity contribution in [1.82, 2.24) is 10.4 Å². The van der Waals surface area contributed by atoms with Crippen molar-refractivity contribution in [2.24, 2.45) is 0 Å². The number of para-hydroxylation sites is 1. The number of carbonyl (C=O) groups is 2. The molecule has 1 heterocycles. The summed E-state index contributed by atoms with van der Waals surface area (Å²) in [4.78, 5) is 20.8. The van der Waals surface area contributed by atoms with Crippen molar-refractivity contribution in [2.45, 2.75) is 53.0 Å². The highest BCUT2D eigenvalue weighted by Gasteiger charge is 2.38. The van der Waals surface area contributed by atoms with Crippen LogP contribution in [-0.2, 0) is 14.1 Å². The van der Waals surface area contributed by atoms with Crippen LogP contribution in [-0.4, -0.2) is 39.5 Å². The number of aldehydes is 1. The Balaban J connectivity index is 0.00000101. The molecule has 0 aliphatic rings. The lowest BCUT2D eigenvalue weighted by Crippen LogP contribution is -2.24. The normalized spacial score (nSPS) is 12.4. The summed E-state index contributed by atoms with van der Waals surface area (Å²) in [7, 11) is -0.121. The fourth-order valence-electron chi connectivity index (χ4n) is 2.79. The second-order valence-corrected chi connectivity index (χ2v) is 10.9. The van der Waals surface area contributed by atoms with Gasteiger partial charge in [-0.1, -0.05) is 45.0 Å². The van der Waals surface area contributed by atoms with Gasteiger partial charge in [0.2, 0.25) is 5.91 Å².